The van der Waals surface area contributed by atoms with Crippen LogP contribution in [0.5, 0.6) is 0 Å². The first-order chi connectivity index (χ1) is 8.09. The summed E-state index contributed by atoms with van der Waals surface area (Å²) >= 11 is 0. The number of hydrogen-bond acceptors (Lipinski definition) is 2. The quantitative estimate of drug-likeness (QED) is 0.841. The molecule has 0 amide bonds. The smallest absolute Gasteiger partial charge is 0.0861 e. The lowest BCUT2D eigenvalue weighted by molar-refractivity contribution is -0.0459. The van der Waals surface area contributed by atoms with Crippen LogP contribution in [0, 0.1) is 5.92 Å². The molecule has 1 aromatic rings. The van der Waals surface area contributed by atoms with Crippen molar-refractivity contribution in [3.05, 3.63) is 35.4 Å². The highest BCUT2D eigenvalue weighted by Crippen LogP contribution is 2.38. The van der Waals surface area contributed by atoms with Crippen molar-refractivity contribution in [1.29, 1.82) is 0 Å². The summed E-state index contributed by atoms with van der Waals surface area (Å²) in [6, 6.07) is 8.54. The minimum atomic E-state index is -0.656. The Labute approximate surface area is 104 Å². The molecule has 2 N–H and O–H groups in total. The first-order valence-corrected chi connectivity index (χ1v) is 6.63. The van der Waals surface area contributed by atoms with E-state index < -0.39 is 5.60 Å². The van der Waals surface area contributed by atoms with Crippen LogP contribution >= 0.6 is 0 Å². The lowest BCUT2D eigenvalue weighted by Gasteiger charge is -2.42. The molecule has 0 aromatic heterocycles. The maximum atomic E-state index is 10.9. The van der Waals surface area contributed by atoms with Crippen molar-refractivity contribution in [1.82, 2.24) is 5.32 Å². The van der Waals surface area contributed by atoms with Crippen LogP contribution in [0.25, 0.3) is 0 Å². The van der Waals surface area contributed by atoms with Crippen LogP contribution in [-0.2, 0) is 6.42 Å². The minimum absolute atomic E-state index is 0.0671. The Balaban J connectivity index is 2.41. The summed E-state index contributed by atoms with van der Waals surface area (Å²) in [5.74, 6) is 0.246. The van der Waals surface area contributed by atoms with Gasteiger partial charge in [0.25, 0.3) is 0 Å². The maximum Gasteiger partial charge on any atom is 0.0861 e. The summed E-state index contributed by atoms with van der Waals surface area (Å²) in [6.07, 6.45) is 1.83. The van der Waals surface area contributed by atoms with Crippen LogP contribution in [0.1, 0.15) is 44.4 Å². The molecule has 1 aliphatic heterocycles. The van der Waals surface area contributed by atoms with Crippen LogP contribution in [0.2, 0.25) is 0 Å². The third kappa shape index (κ3) is 2.12. The normalized spacial score (nSPS) is 23.2. The molecule has 2 rings (SSSR count). The SMILES string of the molecule is CCC(O)(C(C)C)C1NCCc2ccccc21. The Hall–Kier alpha value is -0.860. The highest BCUT2D eigenvalue weighted by molar-refractivity contribution is 5.34. The fourth-order valence-electron chi connectivity index (χ4n) is 2.90. The largest absolute Gasteiger partial charge is 0.388 e. The first kappa shape index (κ1) is 12.6. The molecule has 0 saturated carbocycles. The summed E-state index contributed by atoms with van der Waals surface area (Å²) in [7, 11) is 0. The third-order valence-electron chi connectivity index (χ3n) is 4.17. The highest BCUT2D eigenvalue weighted by atomic mass is 16.3. The molecule has 0 fully saturated rings. The molecule has 0 bridgehead atoms. The molecule has 1 aliphatic rings. The second-order valence-corrected chi connectivity index (χ2v) is 5.34. The highest BCUT2D eigenvalue weighted by Gasteiger charge is 2.40. The van der Waals surface area contributed by atoms with E-state index >= 15 is 0 Å². The molecule has 0 saturated heterocycles. The second kappa shape index (κ2) is 4.79. The Morgan fingerprint density at radius 2 is 2.12 bits per heavy atom. The van der Waals surface area contributed by atoms with E-state index in [1.165, 1.54) is 11.1 Å². The van der Waals surface area contributed by atoms with Gasteiger partial charge in [0.2, 0.25) is 0 Å². The number of aliphatic hydroxyl groups is 1. The monoisotopic (exact) mass is 233 g/mol. The van der Waals surface area contributed by atoms with Gasteiger partial charge >= 0.3 is 0 Å². The molecular weight excluding hydrogens is 210 g/mol. The van der Waals surface area contributed by atoms with E-state index in [9.17, 15) is 5.11 Å². The zero-order valence-corrected chi connectivity index (χ0v) is 11.0. The summed E-state index contributed by atoms with van der Waals surface area (Å²) in [5.41, 5.74) is 2.00. The Morgan fingerprint density at radius 1 is 1.41 bits per heavy atom. The number of rotatable bonds is 3. The van der Waals surface area contributed by atoms with E-state index in [1.807, 2.05) is 0 Å². The van der Waals surface area contributed by atoms with Crippen LogP contribution in [0.15, 0.2) is 24.3 Å². The van der Waals surface area contributed by atoms with Gasteiger partial charge in [-0.3, -0.25) is 0 Å². The first-order valence-electron chi connectivity index (χ1n) is 6.63. The number of nitrogens with one attached hydrogen (secondary N) is 1. The molecule has 1 heterocycles. The fraction of sp³-hybridized carbons (Fsp3) is 0.600. The van der Waals surface area contributed by atoms with Gasteiger partial charge in [-0.15, -0.1) is 0 Å². The minimum Gasteiger partial charge on any atom is -0.388 e. The molecule has 1 aromatic carbocycles. The van der Waals surface area contributed by atoms with Crippen molar-refractivity contribution in [2.24, 2.45) is 5.92 Å². The van der Waals surface area contributed by atoms with E-state index in [2.05, 4.69) is 50.4 Å². The lowest BCUT2D eigenvalue weighted by atomic mass is 9.75. The van der Waals surface area contributed by atoms with Gasteiger partial charge in [0.05, 0.1) is 11.6 Å². The van der Waals surface area contributed by atoms with Crippen LogP contribution in [0.4, 0.5) is 0 Å². The van der Waals surface area contributed by atoms with Gasteiger partial charge in [-0.2, -0.15) is 0 Å². The topological polar surface area (TPSA) is 32.3 Å². The molecule has 2 heteroatoms. The summed E-state index contributed by atoms with van der Waals surface area (Å²) in [6.45, 7) is 7.22. The number of fused-ring (bicyclic) bond motifs is 1. The van der Waals surface area contributed by atoms with Crippen molar-refractivity contribution in [3.63, 3.8) is 0 Å². The number of benzene rings is 1. The van der Waals surface area contributed by atoms with Crippen molar-refractivity contribution in [2.45, 2.75) is 45.3 Å². The predicted octanol–water partition coefficient (Wildman–Crippen LogP) is 2.67. The third-order valence-corrected chi connectivity index (χ3v) is 4.17. The summed E-state index contributed by atoms with van der Waals surface area (Å²) < 4.78 is 0. The van der Waals surface area contributed by atoms with Crippen molar-refractivity contribution < 1.29 is 5.11 Å². The lowest BCUT2D eigenvalue weighted by Crippen LogP contribution is -2.50. The molecule has 0 aliphatic carbocycles. The predicted molar refractivity (Wildman–Crippen MR) is 71.0 cm³/mol. The fourth-order valence-corrected chi connectivity index (χ4v) is 2.90. The standard InChI is InChI=1S/C15H23NO/c1-4-15(17,11(2)3)14-13-8-6-5-7-12(13)9-10-16-14/h5-8,11,14,16-17H,4,9-10H2,1-3H3. The van der Waals surface area contributed by atoms with E-state index in [-0.39, 0.29) is 12.0 Å². The van der Waals surface area contributed by atoms with Gasteiger partial charge in [-0.05, 0) is 36.4 Å². The molecule has 0 spiro atoms. The summed E-state index contributed by atoms with van der Waals surface area (Å²) in [4.78, 5) is 0. The van der Waals surface area contributed by atoms with Crippen molar-refractivity contribution in [3.8, 4) is 0 Å². The van der Waals surface area contributed by atoms with Gasteiger partial charge in [-0.25, -0.2) is 0 Å². The van der Waals surface area contributed by atoms with E-state index in [0.29, 0.717) is 0 Å². The van der Waals surface area contributed by atoms with E-state index in [0.717, 1.165) is 19.4 Å². The Bertz CT molecular complexity index is 388. The summed E-state index contributed by atoms with van der Waals surface area (Å²) in [5, 5.41) is 14.4. The van der Waals surface area contributed by atoms with E-state index in [4.69, 9.17) is 0 Å². The van der Waals surface area contributed by atoms with Crippen molar-refractivity contribution >= 4 is 0 Å². The molecule has 94 valence electrons. The maximum absolute atomic E-state index is 10.9. The van der Waals surface area contributed by atoms with Crippen LogP contribution in [-0.4, -0.2) is 17.3 Å². The zero-order valence-electron chi connectivity index (χ0n) is 11.0. The average molecular weight is 233 g/mol. The van der Waals surface area contributed by atoms with Gasteiger partial charge in [0, 0.05) is 0 Å². The molecule has 2 atom stereocenters. The molecule has 2 unspecified atom stereocenters. The van der Waals surface area contributed by atoms with Gasteiger partial charge < -0.3 is 10.4 Å². The van der Waals surface area contributed by atoms with Gasteiger partial charge in [-0.1, -0.05) is 45.0 Å². The Kier molecular flexibility index (Phi) is 3.55. The molecular formula is C15H23NO. The van der Waals surface area contributed by atoms with Crippen LogP contribution in [0.3, 0.4) is 0 Å². The van der Waals surface area contributed by atoms with Crippen molar-refractivity contribution in [2.75, 3.05) is 6.54 Å². The molecule has 2 nitrogen and oxygen atoms in total. The average Bonchev–Trinajstić information content (AvgIpc) is 2.37. The van der Waals surface area contributed by atoms with Crippen LogP contribution < -0.4 is 5.32 Å². The van der Waals surface area contributed by atoms with E-state index in [1.54, 1.807) is 0 Å². The molecule has 0 radical (unpaired) electrons. The second-order valence-electron chi connectivity index (χ2n) is 5.34. The Morgan fingerprint density at radius 3 is 2.76 bits per heavy atom. The molecule has 17 heavy (non-hydrogen) atoms. The zero-order chi connectivity index (χ0) is 12.5. The van der Waals surface area contributed by atoms with Gasteiger partial charge in [0.1, 0.15) is 0 Å². The number of hydrogen-bond donors (Lipinski definition) is 2. The van der Waals surface area contributed by atoms with Gasteiger partial charge in [0.15, 0.2) is 0 Å².